The molecule has 0 spiro atoms. The van der Waals surface area contributed by atoms with Crippen molar-refractivity contribution in [3.05, 3.63) is 65.7 Å². The maximum absolute atomic E-state index is 12.9. The molecule has 0 radical (unpaired) electrons. The number of hydrogen-bond acceptors (Lipinski definition) is 4. The van der Waals surface area contributed by atoms with Crippen LogP contribution >= 0.6 is 0 Å². The summed E-state index contributed by atoms with van der Waals surface area (Å²) in [6.07, 6.45) is 1.04. The van der Waals surface area contributed by atoms with E-state index < -0.39 is 15.9 Å². The van der Waals surface area contributed by atoms with Gasteiger partial charge in [0.25, 0.3) is 5.91 Å². The summed E-state index contributed by atoms with van der Waals surface area (Å²) >= 11 is 0. The van der Waals surface area contributed by atoms with E-state index in [1.165, 1.54) is 24.3 Å². The number of nitrogens with one attached hydrogen (secondary N) is 1. The van der Waals surface area contributed by atoms with Crippen LogP contribution in [0.3, 0.4) is 0 Å². The van der Waals surface area contributed by atoms with E-state index in [1.807, 2.05) is 30.3 Å². The van der Waals surface area contributed by atoms with E-state index in [0.717, 1.165) is 12.0 Å². The van der Waals surface area contributed by atoms with Gasteiger partial charge >= 0.3 is 0 Å². The van der Waals surface area contributed by atoms with Crippen LogP contribution in [0.5, 0.6) is 0 Å². The minimum absolute atomic E-state index is 0.204. The number of rotatable bonds is 6. The van der Waals surface area contributed by atoms with Crippen LogP contribution in [0, 0.1) is 11.8 Å². The second-order valence-corrected chi connectivity index (χ2v) is 9.44. The van der Waals surface area contributed by atoms with Crippen molar-refractivity contribution in [1.82, 2.24) is 9.79 Å². The molecular weight excluding hydrogens is 376 g/mol. The molecule has 3 rings (SSSR count). The number of nitrogens with zero attached hydrogens (tertiary/aromatic N) is 1. The highest BCUT2D eigenvalue weighted by Gasteiger charge is 2.31. The van der Waals surface area contributed by atoms with E-state index in [9.17, 15) is 13.2 Å². The van der Waals surface area contributed by atoms with E-state index in [0.29, 0.717) is 30.5 Å². The van der Waals surface area contributed by atoms with Crippen LogP contribution in [0.1, 0.15) is 36.2 Å². The molecule has 2 aromatic carbocycles. The average Bonchev–Trinajstić information content (AvgIpc) is 2.68. The normalized spacial score (nSPS) is 20.6. The van der Waals surface area contributed by atoms with E-state index in [4.69, 9.17) is 4.84 Å². The van der Waals surface area contributed by atoms with Crippen molar-refractivity contribution in [2.45, 2.75) is 31.8 Å². The third-order valence-corrected chi connectivity index (χ3v) is 6.68. The van der Waals surface area contributed by atoms with Gasteiger partial charge in [-0.15, -0.1) is 0 Å². The Bertz CT molecular complexity index is 888. The third kappa shape index (κ3) is 4.98. The molecule has 0 bridgehead atoms. The molecule has 1 amide bonds. The van der Waals surface area contributed by atoms with E-state index >= 15 is 0 Å². The number of carbonyl (C=O) groups is 1. The molecule has 1 N–H and O–H groups in total. The number of hydrogen-bond donors (Lipinski definition) is 1. The van der Waals surface area contributed by atoms with Gasteiger partial charge in [-0.1, -0.05) is 44.2 Å². The predicted molar refractivity (Wildman–Crippen MR) is 107 cm³/mol. The monoisotopic (exact) mass is 402 g/mol. The maximum atomic E-state index is 12.9. The molecule has 0 saturated carbocycles. The second kappa shape index (κ2) is 8.86. The van der Waals surface area contributed by atoms with Gasteiger partial charge in [-0.05, 0) is 48.1 Å². The van der Waals surface area contributed by atoms with Crippen molar-refractivity contribution in [2.24, 2.45) is 11.8 Å². The number of amides is 1. The summed E-state index contributed by atoms with van der Waals surface area (Å²) in [5.41, 5.74) is 3.66. The molecule has 2 atom stereocenters. The Morgan fingerprint density at radius 3 is 2.25 bits per heavy atom. The van der Waals surface area contributed by atoms with E-state index in [1.54, 1.807) is 4.31 Å². The third-order valence-electron chi connectivity index (χ3n) is 4.84. The summed E-state index contributed by atoms with van der Waals surface area (Å²) in [5, 5.41) is 0. The van der Waals surface area contributed by atoms with Gasteiger partial charge in [-0.3, -0.25) is 9.63 Å². The first kappa shape index (κ1) is 20.5. The number of sulfonamides is 1. The smallest absolute Gasteiger partial charge is 0.269 e. The molecule has 0 unspecified atom stereocenters. The first-order valence-corrected chi connectivity index (χ1v) is 10.9. The summed E-state index contributed by atoms with van der Waals surface area (Å²) < 4.78 is 27.3. The molecular formula is C21H26N2O4S. The molecule has 1 aliphatic rings. The SMILES string of the molecule is C[C@@H]1C[C@H](C)CN(S(=O)(=O)c2ccc(C(=O)NOCc3ccccc3)cc2)C1. The van der Waals surface area contributed by atoms with Crippen LogP contribution in [0.15, 0.2) is 59.5 Å². The summed E-state index contributed by atoms with van der Waals surface area (Å²) in [7, 11) is -3.55. The topological polar surface area (TPSA) is 75.7 Å². The lowest BCUT2D eigenvalue weighted by atomic mass is 9.94. The van der Waals surface area contributed by atoms with Crippen molar-refractivity contribution in [3.63, 3.8) is 0 Å². The minimum atomic E-state index is -3.55. The van der Waals surface area contributed by atoms with Crippen LogP contribution in [0.4, 0.5) is 0 Å². The lowest BCUT2D eigenvalue weighted by Gasteiger charge is -2.34. The molecule has 6 nitrogen and oxygen atoms in total. The molecule has 2 aromatic rings. The van der Waals surface area contributed by atoms with Crippen molar-refractivity contribution in [1.29, 1.82) is 0 Å². The zero-order valence-corrected chi connectivity index (χ0v) is 17.0. The fourth-order valence-corrected chi connectivity index (χ4v) is 5.23. The average molecular weight is 403 g/mol. The fourth-order valence-electron chi connectivity index (χ4n) is 3.55. The summed E-state index contributed by atoms with van der Waals surface area (Å²) in [6, 6.07) is 15.4. The summed E-state index contributed by atoms with van der Waals surface area (Å²) in [5.74, 6) is 0.260. The molecule has 0 aromatic heterocycles. The standard InChI is InChI=1S/C21H26N2O4S/c1-16-12-17(2)14-23(13-16)28(25,26)20-10-8-19(9-11-20)21(24)22-27-15-18-6-4-3-5-7-18/h3-11,16-17H,12-15H2,1-2H3,(H,22,24)/t16-,17+. The Balaban J connectivity index is 1.61. The lowest BCUT2D eigenvalue weighted by Crippen LogP contribution is -2.42. The molecule has 150 valence electrons. The Morgan fingerprint density at radius 2 is 1.64 bits per heavy atom. The van der Waals surface area contributed by atoms with Crippen molar-refractivity contribution >= 4 is 15.9 Å². The van der Waals surface area contributed by atoms with E-state index in [-0.39, 0.29) is 11.5 Å². The number of hydroxylamine groups is 1. The Labute approximate surface area is 166 Å². The number of carbonyl (C=O) groups excluding carboxylic acids is 1. The molecule has 1 heterocycles. The molecule has 1 saturated heterocycles. The van der Waals surface area contributed by atoms with Crippen LogP contribution in [0.2, 0.25) is 0 Å². The van der Waals surface area contributed by atoms with E-state index in [2.05, 4.69) is 19.3 Å². The van der Waals surface area contributed by atoms with Gasteiger partial charge in [0.05, 0.1) is 11.5 Å². The number of piperidine rings is 1. The summed E-state index contributed by atoms with van der Waals surface area (Å²) in [6.45, 7) is 5.46. The van der Waals surface area contributed by atoms with Crippen molar-refractivity contribution in [2.75, 3.05) is 13.1 Å². The van der Waals surface area contributed by atoms with Gasteiger partial charge in [0.2, 0.25) is 10.0 Å². The maximum Gasteiger partial charge on any atom is 0.274 e. The molecule has 0 aliphatic carbocycles. The Hall–Kier alpha value is -2.22. The highest BCUT2D eigenvalue weighted by atomic mass is 32.2. The zero-order valence-electron chi connectivity index (χ0n) is 16.2. The highest BCUT2D eigenvalue weighted by Crippen LogP contribution is 2.26. The first-order valence-electron chi connectivity index (χ1n) is 9.42. The molecule has 1 aliphatic heterocycles. The Morgan fingerprint density at radius 1 is 1.04 bits per heavy atom. The quantitative estimate of drug-likeness (QED) is 0.753. The summed E-state index contributed by atoms with van der Waals surface area (Å²) in [4.78, 5) is 17.6. The van der Waals surface area contributed by atoms with Crippen LogP contribution in [0.25, 0.3) is 0 Å². The fraction of sp³-hybridized carbons (Fsp3) is 0.381. The van der Waals surface area contributed by atoms with Crippen LogP contribution in [-0.2, 0) is 21.5 Å². The van der Waals surface area contributed by atoms with Gasteiger partial charge in [0, 0.05) is 18.7 Å². The second-order valence-electron chi connectivity index (χ2n) is 7.50. The number of benzene rings is 2. The minimum Gasteiger partial charge on any atom is -0.269 e. The van der Waals surface area contributed by atoms with Crippen molar-refractivity contribution in [3.8, 4) is 0 Å². The van der Waals surface area contributed by atoms with Gasteiger partial charge < -0.3 is 0 Å². The van der Waals surface area contributed by atoms with Crippen LogP contribution in [-0.4, -0.2) is 31.7 Å². The van der Waals surface area contributed by atoms with Gasteiger partial charge in [0.15, 0.2) is 0 Å². The van der Waals surface area contributed by atoms with Crippen molar-refractivity contribution < 1.29 is 18.0 Å². The lowest BCUT2D eigenvalue weighted by molar-refractivity contribution is 0.0233. The molecule has 28 heavy (non-hydrogen) atoms. The molecule has 7 heteroatoms. The highest BCUT2D eigenvalue weighted by molar-refractivity contribution is 7.89. The van der Waals surface area contributed by atoms with Gasteiger partial charge in [-0.25, -0.2) is 13.9 Å². The molecule has 1 fully saturated rings. The predicted octanol–water partition coefficient (Wildman–Crippen LogP) is 3.21. The Kier molecular flexibility index (Phi) is 6.49. The van der Waals surface area contributed by atoms with Gasteiger partial charge in [-0.2, -0.15) is 4.31 Å². The van der Waals surface area contributed by atoms with Gasteiger partial charge in [0.1, 0.15) is 0 Å². The largest absolute Gasteiger partial charge is 0.274 e. The zero-order chi connectivity index (χ0) is 20.1. The van der Waals surface area contributed by atoms with Crippen LogP contribution < -0.4 is 5.48 Å². The first-order chi connectivity index (χ1) is 13.4.